The second-order valence-electron chi connectivity index (χ2n) is 13.8. The maximum atomic E-state index is 13.2. The summed E-state index contributed by atoms with van der Waals surface area (Å²) in [7, 11) is 0. The van der Waals surface area contributed by atoms with Crippen molar-refractivity contribution >= 4 is 41.1 Å². The van der Waals surface area contributed by atoms with Crippen LogP contribution < -0.4 is 31.9 Å². The third-order valence-corrected chi connectivity index (χ3v) is 8.58. The number of halogens is 4. The van der Waals surface area contributed by atoms with Crippen LogP contribution >= 0.6 is 0 Å². The topological polar surface area (TPSA) is 218 Å². The van der Waals surface area contributed by atoms with Crippen molar-refractivity contribution in [1.82, 2.24) is 31.9 Å². The van der Waals surface area contributed by atoms with Crippen LogP contribution in [0.15, 0.2) is 91.0 Å². The highest BCUT2D eigenvalue weighted by atomic mass is 19.1. The predicted molar refractivity (Wildman–Crippen MR) is 214 cm³/mol. The zero-order chi connectivity index (χ0) is 45.2. The standard InChI is InChI=1S/C21H22F2N4O5.C21H23F2N3O3/c1-12(24-11-14-4-3-5-18(8-14)27(31)32)20(29)26-21(30)13(2)25-19(28)9-15-6-16(22)10-17(23)7-15;1-13(24-12-15-6-4-3-5-7-15)20(28)26-21(29)14(2)25-19(27)10-16-8-17(22)11-18(23)9-16/h3-8,10,12-13,24H,9,11H2,1-2H3,(H,25,28)(H,26,29,30);3-9,11,13-14,24H,10,12H2,1-2H3,(H,25,27)(H,26,28,29)/t12-,13-;13-,14-/m00/s1. The molecule has 0 unspecified atom stereocenters. The molecular formula is C42H45F4N7O8. The summed E-state index contributed by atoms with van der Waals surface area (Å²) in [5.74, 6) is -7.11. The van der Waals surface area contributed by atoms with Crippen molar-refractivity contribution in [3.05, 3.63) is 147 Å². The highest BCUT2D eigenvalue weighted by Gasteiger charge is 2.23. The number of nitrogens with one attached hydrogen (secondary N) is 6. The van der Waals surface area contributed by atoms with Gasteiger partial charge in [0.2, 0.25) is 35.4 Å². The van der Waals surface area contributed by atoms with Crippen LogP contribution in [0.2, 0.25) is 0 Å². The number of carbonyl (C=O) groups excluding carboxylic acids is 6. The predicted octanol–water partition coefficient (Wildman–Crippen LogP) is 3.57. The Bertz CT molecular complexity index is 2170. The molecule has 324 valence electrons. The third-order valence-electron chi connectivity index (χ3n) is 8.58. The molecule has 4 aromatic carbocycles. The van der Waals surface area contributed by atoms with Crippen LogP contribution in [0.25, 0.3) is 0 Å². The number of carbonyl (C=O) groups is 6. The van der Waals surface area contributed by atoms with Gasteiger partial charge in [-0.2, -0.15) is 0 Å². The van der Waals surface area contributed by atoms with Crippen LogP contribution in [-0.4, -0.2) is 64.5 Å². The van der Waals surface area contributed by atoms with E-state index in [2.05, 4.69) is 31.9 Å². The summed E-state index contributed by atoms with van der Waals surface area (Å²) in [6.07, 6.45) is -0.642. The number of nitro groups is 1. The molecule has 4 atom stereocenters. The Morgan fingerprint density at radius 2 is 0.885 bits per heavy atom. The van der Waals surface area contributed by atoms with Gasteiger partial charge >= 0.3 is 0 Å². The summed E-state index contributed by atoms with van der Waals surface area (Å²) in [6.45, 7) is 6.50. The first kappa shape index (κ1) is 48.5. The number of imide groups is 2. The van der Waals surface area contributed by atoms with Gasteiger partial charge in [-0.1, -0.05) is 42.5 Å². The first-order valence-electron chi connectivity index (χ1n) is 18.7. The van der Waals surface area contributed by atoms with E-state index in [4.69, 9.17) is 0 Å². The minimum atomic E-state index is -1.08. The fourth-order valence-electron chi connectivity index (χ4n) is 5.29. The van der Waals surface area contributed by atoms with Gasteiger partial charge in [-0.25, -0.2) is 17.6 Å². The van der Waals surface area contributed by atoms with Crippen LogP contribution in [-0.2, 0) is 54.7 Å². The van der Waals surface area contributed by atoms with E-state index in [1.54, 1.807) is 13.0 Å². The molecule has 0 radical (unpaired) electrons. The van der Waals surface area contributed by atoms with Gasteiger partial charge in [-0.15, -0.1) is 0 Å². The lowest BCUT2D eigenvalue weighted by molar-refractivity contribution is -0.384. The molecule has 4 aromatic rings. The summed E-state index contributed by atoms with van der Waals surface area (Å²) in [6, 6.07) is 17.3. The molecule has 0 fully saturated rings. The fraction of sp³-hybridized carbons (Fsp3) is 0.286. The van der Waals surface area contributed by atoms with Crippen LogP contribution in [0.4, 0.5) is 23.2 Å². The van der Waals surface area contributed by atoms with E-state index in [1.807, 2.05) is 30.3 Å². The van der Waals surface area contributed by atoms with Crippen molar-refractivity contribution in [1.29, 1.82) is 0 Å². The second kappa shape index (κ2) is 23.7. The lowest BCUT2D eigenvalue weighted by atomic mass is 10.1. The molecule has 0 aliphatic carbocycles. The van der Waals surface area contributed by atoms with Gasteiger partial charge in [0.25, 0.3) is 5.69 Å². The highest BCUT2D eigenvalue weighted by molar-refractivity contribution is 6.01. The van der Waals surface area contributed by atoms with Crippen LogP contribution in [0.1, 0.15) is 49.9 Å². The molecule has 0 spiro atoms. The quantitative estimate of drug-likeness (QED) is 0.0516. The average Bonchev–Trinajstić information content (AvgIpc) is 3.18. The number of hydrogen-bond donors (Lipinski definition) is 6. The van der Waals surface area contributed by atoms with Gasteiger partial charge in [0, 0.05) is 37.4 Å². The Kier molecular flexibility index (Phi) is 18.8. The SMILES string of the molecule is C[C@H](NCc1cccc([N+](=O)[O-])c1)C(=O)NC(=O)[C@H](C)NC(=O)Cc1cc(F)cc(F)c1.C[C@H](NCc1ccccc1)C(=O)NC(=O)[C@H](C)NC(=O)Cc1cc(F)cc(F)c1. The molecule has 0 aliphatic rings. The number of rotatable bonds is 17. The molecule has 6 amide bonds. The van der Waals surface area contributed by atoms with Gasteiger partial charge < -0.3 is 21.3 Å². The first-order valence-corrected chi connectivity index (χ1v) is 18.7. The van der Waals surface area contributed by atoms with Crippen LogP contribution in [0.5, 0.6) is 0 Å². The van der Waals surface area contributed by atoms with E-state index in [0.717, 1.165) is 29.8 Å². The van der Waals surface area contributed by atoms with Crippen molar-refractivity contribution in [2.45, 2.75) is 77.8 Å². The van der Waals surface area contributed by atoms with Crippen molar-refractivity contribution in [2.24, 2.45) is 0 Å². The number of amides is 6. The number of hydrogen-bond acceptors (Lipinski definition) is 10. The third kappa shape index (κ3) is 17.5. The summed E-state index contributed by atoms with van der Waals surface area (Å²) in [4.78, 5) is 83.0. The lowest BCUT2D eigenvalue weighted by Crippen LogP contribution is -2.51. The number of benzene rings is 4. The summed E-state index contributed by atoms with van der Waals surface area (Å²) < 4.78 is 52.8. The Labute approximate surface area is 348 Å². The van der Waals surface area contributed by atoms with Crippen molar-refractivity contribution in [3.8, 4) is 0 Å². The molecule has 0 heterocycles. The van der Waals surface area contributed by atoms with E-state index in [9.17, 15) is 56.4 Å². The first-order chi connectivity index (χ1) is 28.8. The van der Waals surface area contributed by atoms with Gasteiger partial charge in [0.15, 0.2) is 0 Å². The summed E-state index contributed by atoms with van der Waals surface area (Å²) in [5.41, 5.74) is 1.74. The van der Waals surface area contributed by atoms with Gasteiger partial charge in [-0.05, 0) is 74.2 Å². The van der Waals surface area contributed by atoms with E-state index >= 15 is 0 Å². The number of nitrogens with zero attached hydrogens (tertiary/aromatic N) is 1. The number of nitro benzene ring substituents is 1. The van der Waals surface area contributed by atoms with Gasteiger partial charge in [0.05, 0.1) is 29.8 Å². The molecule has 0 saturated carbocycles. The molecule has 4 rings (SSSR count). The minimum absolute atomic E-state index is 0.0814. The second-order valence-corrected chi connectivity index (χ2v) is 13.8. The fourth-order valence-corrected chi connectivity index (χ4v) is 5.29. The van der Waals surface area contributed by atoms with E-state index in [1.165, 1.54) is 39.0 Å². The Morgan fingerprint density at radius 1 is 0.508 bits per heavy atom. The van der Waals surface area contributed by atoms with Gasteiger partial charge in [0.1, 0.15) is 35.4 Å². The Balaban J connectivity index is 0.000000327. The molecule has 0 aliphatic heterocycles. The van der Waals surface area contributed by atoms with Crippen molar-refractivity contribution in [3.63, 3.8) is 0 Å². The molecule has 61 heavy (non-hydrogen) atoms. The monoisotopic (exact) mass is 851 g/mol. The molecule has 0 saturated heterocycles. The van der Waals surface area contributed by atoms with E-state index in [-0.39, 0.29) is 36.2 Å². The van der Waals surface area contributed by atoms with Gasteiger partial charge in [-0.3, -0.25) is 49.5 Å². The molecule has 0 aromatic heterocycles. The average molecular weight is 852 g/mol. The summed E-state index contributed by atoms with van der Waals surface area (Å²) >= 11 is 0. The zero-order valence-corrected chi connectivity index (χ0v) is 33.5. The minimum Gasteiger partial charge on any atom is -0.344 e. The van der Waals surface area contributed by atoms with Crippen LogP contribution in [0, 0.1) is 33.4 Å². The smallest absolute Gasteiger partial charge is 0.269 e. The molecule has 19 heteroatoms. The molecular weight excluding hydrogens is 806 g/mol. The van der Waals surface area contributed by atoms with E-state index in [0.29, 0.717) is 24.2 Å². The van der Waals surface area contributed by atoms with E-state index < -0.39 is 87.8 Å². The normalized spacial score (nSPS) is 12.6. The summed E-state index contributed by atoms with van der Waals surface area (Å²) in [5, 5.41) is 25.8. The van der Waals surface area contributed by atoms with Crippen molar-refractivity contribution < 1.29 is 51.3 Å². The molecule has 0 bridgehead atoms. The lowest BCUT2D eigenvalue weighted by Gasteiger charge is -2.17. The van der Waals surface area contributed by atoms with Crippen LogP contribution in [0.3, 0.4) is 0 Å². The Hall–Kier alpha value is -6.86. The molecule has 15 nitrogen and oxygen atoms in total. The number of non-ortho nitro benzene ring substituents is 1. The zero-order valence-electron chi connectivity index (χ0n) is 33.5. The Morgan fingerprint density at radius 3 is 1.30 bits per heavy atom. The highest BCUT2D eigenvalue weighted by Crippen LogP contribution is 2.13. The van der Waals surface area contributed by atoms with Crippen molar-refractivity contribution in [2.75, 3.05) is 0 Å². The molecule has 6 N–H and O–H groups in total. The maximum Gasteiger partial charge on any atom is 0.269 e. The maximum absolute atomic E-state index is 13.2. The largest absolute Gasteiger partial charge is 0.344 e.